The minimum absolute atomic E-state index is 0.438. The van der Waals surface area contributed by atoms with Gasteiger partial charge in [0.25, 0.3) is 0 Å². The Hall–Kier alpha value is -0.590. The molecular formula is C16H28O. The summed E-state index contributed by atoms with van der Waals surface area (Å²) in [5.74, 6) is 0.949. The van der Waals surface area contributed by atoms with Crippen molar-refractivity contribution in [3.63, 3.8) is 0 Å². The molecule has 1 rings (SSSR count). The maximum Gasteiger partial charge on any atom is 0.136 e. The van der Waals surface area contributed by atoms with Crippen molar-refractivity contribution in [3.05, 3.63) is 12.2 Å². The normalized spacial score (nSPS) is 19.8. The molecule has 0 N–H and O–H groups in total. The highest BCUT2D eigenvalue weighted by Crippen LogP contribution is 2.27. The molecule has 0 amide bonds. The van der Waals surface area contributed by atoms with Gasteiger partial charge in [0, 0.05) is 12.3 Å². The van der Waals surface area contributed by atoms with Crippen molar-refractivity contribution in [1.82, 2.24) is 0 Å². The Kier molecular flexibility index (Phi) is 8.04. The van der Waals surface area contributed by atoms with E-state index in [1.807, 2.05) is 0 Å². The van der Waals surface area contributed by atoms with E-state index in [0.717, 1.165) is 19.3 Å². The van der Waals surface area contributed by atoms with Gasteiger partial charge in [-0.25, -0.2) is 0 Å². The predicted octanol–water partition coefficient (Wildman–Crippen LogP) is 5.05. The van der Waals surface area contributed by atoms with E-state index in [4.69, 9.17) is 0 Å². The third kappa shape index (κ3) is 6.65. The molecule has 1 aliphatic rings. The molecule has 0 radical (unpaired) electrons. The molecule has 1 unspecified atom stereocenters. The second-order valence-corrected chi connectivity index (χ2v) is 5.31. The van der Waals surface area contributed by atoms with Crippen molar-refractivity contribution in [3.8, 4) is 0 Å². The van der Waals surface area contributed by atoms with E-state index >= 15 is 0 Å². The summed E-state index contributed by atoms with van der Waals surface area (Å²) >= 11 is 0. The Balaban J connectivity index is 1.80. The number of ketones is 1. The Labute approximate surface area is 107 Å². The summed E-state index contributed by atoms with van der Waals surface area (Å²) in [5, 5.41) is 0. The lowest BCUT2D eigenvalue weighted by atomic mass is 9.80. The topological polar surface area (TPSA) is 17.1 Å². The molecule has 0 aliphatic heterocycles. The van der Waals surface area contributed by atoms with E-state index < -0.39 is 0 Å². The van der Waals surface area contributed by atoms with Crippen molar-refractivity contribution in [2.75, 3.05) is 0 Å². The Morgan fingerprint density at radius 2 is 1.76 bits per heavy atom. The van der Waals surface area contributed by atoms with E-state index in [1.165, 1.54) is 51.4 Å². The zero-order valence-electron chi connectivity index (χ0n) is 11.4. The number of Topliss-reactive ketones (excluding diaryl/α,β-unsaturated/α-hetero) is 1. The fourth-order valence-electron chi connectivity index (χ4n) is 2.35. The number of hydrogen-bond donors (Lipinski definition) is 0. The first-order valence-corrected chi connectivity index (χ1v) is 7.52. The Morgan fingerprint density at radius 1 is 1.06 bits per heavy atom. The van der Waals surface area contributed by atoms with Crippen molar-refractivity contribution in [2.45, 2.75) is 77.6 Å². The maximum atomic E-state index is 11.1. The van der Waals surface area contributed by atoms with E-state index in [9.17, 15) is 4.79 Å². The Bertz CT molecular complexity index is 230. The van der Waals surface area contributed by atoms with Crippen molar-refractivity contribution in [1.29, 1.82) is 0 Å². The summed E-state index contributed by atoms with van der Waals surface area (Å²) in [4.78, 5) is 11.1. The van der Waals surface area contributed by atoms with Crippen LogP contribution >= 0.6 is 0 Å². The summed E-state index contributed by atoms with van der Waals surface area (Å²) in [6, 6.07) is 0. The molecule has 0 bridgehead atoms. The minimum atomic E-state index is 0.438. The lowest BCUT2D eigenvalue weighted by molar-refractivity contribution is -0.129. The van der Waals surface area contributed by atoms with E-state index in [-0.39, 0.29) is 0 Å². The molecule has 17 heavy (non-hydrogen) atoms. The van der Waals surface area contributed by atoms with Crippen LogP contribution in [0.1, 0.15) is 77.6 Å². The zero-order valence-corrected chi connectivity index (χ0v) is 11.4. The Morgan fingerprint density at radius 3 is 2.29 bits per heavy atom. The first-order valence-electron chi connectivity index (χ1n) is 7.52. The van der Waals surface area contributed by atoms with Crippen LogP contribution in [0.4, 0.5) is 0 Å². The van der Waals surface area contributed by atoms with E-state index in [1.54, 1.807) is 0 Å². The number of carbonyl (C=O) groups is 1. The number of rotatable bonds is 10. The lowest BCUT2D eigenvalue weighted by Crippen LogP contribution is -2.25. The van der Waals surface area contributed by atoms with E-state index in [0.29, 0.717) is 11.7 Å². The van der Waals surface area contributed by atoms with Crippen molar-refractivity contribution >= 4 is 5.78 Å². The molecule has 1 atom stereocenters. The van der Waals surface area contributed by atoms with Gasteiger partial charge in [0.1, 0.15) is 5.78 Å². The van der Waals surface area contributed by atoms with Gasteiger partial charge in [-0.2, -0.15) is 0 Å². The largest absolute Gasteiger partial charge is 0.299 e. The molecule has 0 aromatic carbocycles. The smallest absolute Gasteiger partial charge is 0.136 e. The van der Waals surface area contributed by atoms with Crippen LogP contribution in [0.25, 0.3) is 0 Å². The molecule has 1 fully saturated rings. The number of allylic oxidation sites excluding steroid dienone is 2. The summed E-state index contributed by atoms with van der Waals surface area (Å²) < 4.78 is 0. The first-order chi connectivity index (χ1) is 8.34. The van der Waals surface area contributed by atoms with Crippen LogP contribution in [0, 0.1) is 5.92 Å². The van der Waals surface area contributed by atoms with Gasteiger partial charge >= 0.3 is 0 Å². The number of carbonyl (C=O) groups excluding carboxylic acids is 1. The van der Waals surface area contributed by atoms with Gasteiger partial charge < -0.3 is 0 Å². The van der Waals surface area contributed by atoms with Crippen LogP contribution in [0.5, 0.6) is 0 Å². The van der Waals surface area contributed by atoms with Crippen LogP contribution in [0.2, 0.25) is 0 Å². The second-order valence-electron chi connectivity index (χ2n) is 5.31. The van der Waals surface area contributed by atoms with Crippen LogP contribution in [-0.2, 0) is 4.79 Å². The summed E-state index contributed by atoms with van der Waals surface area (Å²) in [5.41, 5.74) is 0. The number of unbranched alkanes of at least 4 members (excludes halogenated alkanes) is 6. The van der Waals surface area contributed by atoms with Crippen molar-refractivity contribution < 1.29 is 4.79 Å². The number of hydrogen-bond acceptors (Lipinski definition) is 1. The predicted molar refractivity (Wildman–Crippen MR) is 74.1 cm³/mol. The standard InChI is InChI=1S/C16H28O/c1-2-3-4-5-6-7-8-9-10-11-12-15-13-14-16(15)17/h7-8,15H,2-6,9-14H2,1H3/b8-7+. The molecule has 1 saturated carbocycles. The highest BCUT2D eigenvalue weighted by Gasteiger charge is 2.26. The van der Waals surface area contributed by atoms with Gasteiger partial charge in [-0.05, 0) is 38.5 Å². The van der Waals surface area contributed by atoms with Crippen molar-refractivity contribution in [2.24, 2.45) is 5.92 Å². The average Bonchev–Trinajstić information content (AvgIpc) is 2.34. The third-order valence-corrected chi connectivity index (χ3v) is 3.76. The van der Waals surface area contributed by atoms with Gasteiger partial charge in [0.05, 0.1) is 0 Å². The monoisotopic (exact) mass is 236 g/mol. The van der Waals surface area contributed by atoms with Gasteiger partial charge in [-0.1, -0.05) is 44.8 Å². The van der Waals surface area contributed by atoms with E-state index in [2.05, 4.69) is 19.1 Å². The van der Waals surface area contributed by atoms with Crippen LogP contribution in [-0.4, -0.2) is 5.78 Å². The molecular weight excluding hydrogens is 208 g/mol. The van der Waals surface area contributed by atoms with Crippen LogP contribution in [0.15, 0.2) is 12.2 Å². The first kappa shape index (κ1) is 14.5. The van der Waals surface area contributed by atoms with Gasteiger partial charge in [0.15, 0.2) is 0 Å². The average molecular weight is 236 g/mol. The quantitative estimate of drug-likeness (QED) is 0.383. The molecule has 98 valence electrons. The third-order valence-electron chi connectivity index (χ3n) is 3.76. The highest BCUT2D eigenvalue weighted by atomic mass is 16.1. The molecule has 0 spiro atoms. The molecule has 0 aromatic rings. The molecule has 1 heteroatoms. The summed E-state index contributed by atoms with van der Waals surface area (Å²) in [6.45, 7) is 2.25. The van der Waals surface area contributed by atoms with Crippen LogP contribution in [0.3, 0.4) is 0 Å². The van der Waals surface area contributed by atoms with Crippen LogP contribution < -0.4 is 0 Å². The molecule has 0 heterocycles. The fraction of sp³-hybridized carbons (Fsp3) is 0.812. The van der Waals surface area contributed by atoms with Gasteiger partial charge in [-0.3, -0.25) is 4.79 Å². The zero-order chi connectivity index (χ0) is 12.3. The van der Waals surface area contributed by atoms with Gasteiger partial charge in [-0.15, -0.1) is 0 Å². The lowest BCUT2D eigenvalue weighted by Gasteiger charge is -2.23. The second kappa shape index (κ2) is 9.44. The molecule has 0 saturated heterocycles. The summed E-state index contributed by atoms with van der Waals surface area (Å²) in [6.07, 6.45) is 18.2. The highest BCUT2D eigenvalue weighted by molar-refractivity contribution is 5.86. The maximum absolute atomic E-state index is 11.1. The molecule has 1 nitrogen and oxygen atoms in total. The summed E-state index contributed by atoms with van der Waals surface area (Å²) in [7, 11) is 0. The van der Waals surface area contributed by atoms with Gasteiger partial charge in [0.2, 0.25) is 0 Å². The fourth-order valence-corrected chi connectivity index (χ4v) is 2.35. The SMILES string of the molecule is CCCCCC/C=C/CCCCC1CCC1=O. The molecule has 0 aromatic heterocycles. The molecule has 1 aliphatic carbocycles. The minimum Gasteiger partial charge on any atom is -0.299 e.